The summed E-state index contributed by atoms with van der Waals surface area (Å²) in [5, 5.41) is 2.95. The van der Waals surface area contributed by atoms with Crippen molar-refractivity contribution in [3.63, 3.8) is 0 Å². The van der Waals surface area contributed by atoms with E-state index in [0.29, 0.717) is 26.1 Å². The van der Waals surface area contributed by atoms with Crippen LogP contribution in [0, 0.1) is 11.3 Å². The fourth-order valence-electron chi connectivity index (χ4n) is 2.56. The summed E-state index contributed by atoms with van der Waals surface area (Å²) in [5.41, 5.74) is 0.473. The minimum atomic E-state index is -0.405. The Hall–Kier alpha value is -2.04. The smallest absolute Gasteiger partial charge is 0.227 e. The van der Waals surface area contributed by atoms with E-state index in [1.54, 1.807) is 4.90 Å². The van der Waals surface area contributed by atoms with Crippen LogP contribution >= 0.6 is 0 Å². The number of hydrogen-bond acceptors (Lipinski definition) is 3. The largest absolute Gasteiger partial charge is 0.494 e. The standard InChI is InChI=1S/C18H26N2O3/c1-5-23-15-8-6-14(7-9-15)20-12-13(10-16(20)21)11-19-17(22)18(2,3)4/h6-9,13H,5,10-12H2,1-4H3,(H,19,22). The molecule has 0 spiro atoms. The van der Waals surface area contributed by atoms with E-state index in [1.165, 1.54) is 0 Å². The van der Waals surface area contributed by atoms with Crippen LogP contribution in [0.25, 0.3) is 0 Å². The zero-order valence-electron chi connectivity index (χ0n) is 14.4. The monoisotopic (exact) mass is 318 g/mol. The molecule has 1 aromatic rings. The van der Waals surface area contributed by atoms with Gasteiger partial charge in [-0.05, 0) is 31.2 Å². The number of rotatable bonds is 5. The van der Waals surface area contributed by atoms with Crippen molar-refractivity contribution in [2.75, 3.05) is 24.6 Å². The molecular weight excluding hydrogens is 292 g/mol. The van der Waals surface area contributed by atoms with Crippen LogP contribution in [0.4, 0.5) is 5.69 Å². The minimum Gasteiger partial charge on any atom is -0.494 e. The van der Waals surface area contributed by atoms with Gasteiger partial charge in [0.2, 0.25) is 11.8 Å². The van der Waals surface area contributed by atoms with Gasteiger partial charge in [0.25, 0.3) is 0 Å². The van der Waals surface area contributed by atoms with E-state index in [2.05, 4.69) is 5.32 Å². The number of carbonyl (C=O) groups excluding carboxylic acids is 2. The van der Waals surface area contributed by atoms with Gasteiger partial charge in [-0.2, -0.15) is 0 Å². The number of hydrogen-bond donors (Lipinski definition) is 1. The normalized spacial score (nSPS) is 18.2. The van der Waals surface area contributed by atoms with Gasteiger partial charge in [0.15, 0.2) is 0 Å². The fourth-order valence-corrected chi connectivity index (χ4v) is 2.56. The Labute approximate surface area is 138 Å². The molecule has 1 heterocycles. The van der Waals surface area contributed by atoms with Crippen molar-refractivity contribution in [3.8, 4) is 5.75 Å². The molecule has 0 aromatic heterocycles. The summed E-state index contributed by atoms with van der Waals surface area (Å²) < 4.78 is 5.42. The third kappa shape index (κ3) is 4.47. The highest BCUT2D eigenvalue weighted by Crippen LogP contribution is 2.26. The second-order valence-electron chi connectivity index (χ2n) is 6.96. The number of nitrogens with one attached hydrogen (secondary N) is 1. The number of carbonyl (C=O) groups is 2. The predicted molar refractivity (Wildman–Crippen MR) is 90.5 cm³/mol. The highest BCUT2D eigenvalue weighted by Gasteiger charge is 2.31. The Balaban J connectivity index is 1.93. The van der Waals surface area contributed by atoms with Crippen LogP contribution in [-0.4, -0.2) is 31.5 Å². The third-order valence-corrected chi connectivity index (χ3v) is 3.90. The Morgan fingerprint density at radius 2 is 1.96 bits per heavy atom. The third-order valence-electron chi connectivity index (χ3n) is 3.90. The summed E-state index contributed by atoms with van der Waals surface area (Å²) in [4.78, 5) is 25.9. The average molecular weight is 318 g/mol. The Morgan fingerprint density at radius 3 is 2.52 bits per heavy atom. The van der Waals surface area contributed by atoms with Gasteiger partial charge in [-0.25, -0.2) is 0 Å². The van der Waals surface area contributed by atoms with Gasteiger partial charge in [-0.15, -0.1) is 0 Å². The summed E-state index contributed by atoms with van der Waals surface area (Å²) in [5.74, 6) is 1.07. The molecular formula is C18H26N2O3. The predicted octanol–water partition coefficient (Wildman–Crippen LogP) is 2.60. The van der Waals surface area contributed by atoms with Crippen molar-refractivity contribution < 1.29 is 14.3 Å². The first-order chi connectivity index (χ1) is 10.8. The molecule has 1 unspecified atom stereocenters. The number of benzene rings is 1. The zero-order valence-corrected chi connectivity index (χ0v) is 14.4. The zero-order chi connectivity index (χ0) is 17.0. The van der Waals surface area contributed by atoms with E-state index < -0.39 is 5.41 Å². The van der Waals surface area contributed by atoms with Gasteiger partial charge in [0.05, 0.1) is 6.61 Å². The SMILES string of the molecule is CCOc1ccc(N2CC(CNC(=O)C(C)(C)C)CC2=O)cc1. The molecule has 1 N–H and O–H groups in total. The topological polar surface area (TPSA) is 58.6 Å². The van der Waals surface area contributed by atoms with Gasteiger partial charge in [-0.3, -0.25) is 9.59 Å². The number of anilines is 1. The van der Waals surface area contributed by atoms with Crippen molar-refractivity contribution >= 4 is 17.5 Å². The van der Waals surface area contributed by atoms with Gasteiger partial charge in [0.1, 0.15) is 5.75 Å². The summed E-state index contributed by atoms with van der Waals surface area (Å²) in [6, 6.07) is 7.56. The summed E-state index contributed by atoms with van der Waals surface area (Å²) >= 11 is 0. The second kappa shape index (κ2) is 7.02. The maximum atomic E-state index is 12.2. The van der Waals surface area contributed by atoms with E-state index >= 15 is 0 Å². The van der Waals surface area contributed by atoms with E-state index in [0.717, 1.165) is 11.4 Å². The molecule has 1 fully saturated rings. The molecule has 0 aliphatic carbocycles. The van der Waals surface area contributed by atoms with Crippen LogP contribution in [0.2, 0.25) is 0 Å². The highest BCUT2D eigenvalue weighted by atomic mass is 16.5. The molecule has 23 heavy (non-hydrogen) atoms. The summed E-state index contributed by atoms with van der Waals surface area (Å²) in [6.07, 6.45) is 0.470. The molecule has 1 aliphatic heterocycles. The Kier molecular flexibility index (Phi) is 5.29. The maximum Gasteiger partial charge on any atom is 0.227 e. The quantitative estimate of drug-likeness (QED) is 0.908. The first kappa shape index (κ1) is 17.3. The van der Waals surface area contributed by atoms with E-state index in [4.69, 9.17) is 4.74 Å². The Morgan fingerprint density at radius 1 is 1.30 bits per heavy atom. The van der Waals surface area contributed by atoms with E-state index in [-0.39, 0.29) is 17.7 Å². The van der Waals surface area contributed by atoms with Crippen LogP contribution in [-0.2, 0) is 9.59 Å². The number of nitrogens with zero attached hydrogens (tertiary/aromatic N) is 1. The second-order valence-corrected chi connectivity index (χ2v) is 6.96. The van der Waals surface area contributed by atoms with Crippen LogP contribution in [0.3, 0.4) is 0 Å². The average Bonchev–Trinajstić information content (AvgIpc) is 2.86. The molecule has 0 saturated carbocycles. The highest BCUT2D eigenvalue weighted by molar-refractivity contribution is 5.95. The lowest BCUT2D eigenvalue weighted by atomic mass is 9.95. The molecule has 1 aliphatic rings. The molecule has 1 saturated heterocycles. The molecule has 0 bridgehead atoms. The summed E-state index contributed by atoms with van der Waals surface area (Å²) in [7, 11) is 0. The fraction of sp³-hybridized carbons (Fsp3) is 0.556. The molecule has 0 radical (unpaired) electrons. The molecule has 1 atom stereocenters. The van der Waals surface area contributed by atoms with Gasteiger partial charge < -0.3 is 15.0 Å². The lowest BCUT2D eigenvalue weighted by molar-refractivity contribution is -0.128. The van der Waals surface area contributed by atoms with Crippen LogP contribution < -0.4 is 15.0 Å². The van der Waals surface area contributed by atoms with Crippen molar-refractivity contribution in [1.29, 1.82) is 0 Å². The first-order valence-electron chi connectivity index (χ1n) is 8.12. The molecule has 2 rings (SSSR count). The maximum absolute atomic E-state index is 12.2. The van der Waals surface area contributed by atoms with E-state index in [1.807, 2.05) is 52.0 Å². The van der Waals surface area contributed by atoms with Crippen LogP contribution in [0.1, 0.15) is 34.1 Å². The van der Waals surface area contributed by atoms with E-state index in [9.17, 15) is 9.59 Å². The lowest BCUT2D eigenvalue weighted by Crippen LogP contribution is -2.38. The Bertz CT molecular complexity index is 561. The first-order valence-corrected chi connectivity index (χ1v) is 8.12. The number of ether oxygens (including phenoxy) is 1. The van der Waals surface area contributed by atoms with Crippen LogP contribution in [0.5, 0.6) is 5.75 Å². The lowest BCUT2D eigenvalue weighted by Gasteiger charge is -2.20. The molecule has 126 valence electrons. The van der Waals surface area contributed by atoms with Crippen molar-refractivity contribution in [2.24, 2.45) is 11.3 Å². The molecule has 1 aromatic carbocycles. The number of amides is 2. The van der Waals surface area contributed by atoms with Gasteiger partial charge in [0, 0.05) is 36.5 Å². The van der Waals surface area contributed by atoms with Crippen molar-refractivity contribution in [1.82, 2.24) is 5.32 Å². The molecule has 5 heteroatoms. The summed E-state index contributed by atoms with van der Waals surface area (Å²) in [6.45, 7) is 9.38. The molecule has 5 nitrogen and oxygen atoms in total. The molecule has 2 amide bonds. The van der Waals surface area contributed by atoms with Crippen LogP contribution in [0.15, 0.2) is 24.3 Å². The minimum absolute atomic E-state index is 0.0180. The van der Waals surface area contributed by atoms with Crippen molar-refractivity contribution in [3.05, 3.63) is 24.3 Å². The van der Waals surface area contributed by atoms with Gasteiger partial charge in [-0.1, -0.05) is 20.8 Å². The van der Waals surface area contributed by atoms with Gasteiger partial charge >= 0.3 is 0 Å². The van der Waals surface area contributed by atoms with Crippen molar-refractivity contribution in [2.45, 2.75) is 34.1 Å².